The molecule has 0 aliphatic heterocycles. The third-order valence-electron chi connectivity index (χ3n) is 4.28. The number of carbonyl (C=O) groups is 2. The molecule has 0 heterocycles. The van der Waals surface area contributed by atoms with Crippen molar-refractivity contribution in [3.05, 3.63) is 58.7 Å². The van der Waals surface area contributed by atoms with Crippen molar-refractivity contribution in [1.82, 2.24) is 5.32 Å². The normalized spacial score (nSPS) is 11.8. The van der Waals surface area contributed by atoms with E-state index in [0.717, 1.165) is 12.1 Å². The summed E-state index contributed by atoms with van der Waals surface area (Å²) >= 11 is 0. The molecule has 0 aromatic heterocycles. The van der Waals surface area contributed by atoms with Crippen molar-refractivity contribution in [1.29, 1.82) is 0 Å². The van der Waals surface area contributed by atoms with Gasteiger partial charge in [0.05, 0.1) is 5.56 Å². The van der Waals surface area contributed by atoms with Crippen LogP contribution < -0.4 is 10.1 Å². The van der Waals surface area contributed by atoms with Crippen LogP contribution in [0.3, 0.4) is 0 Å². The van der Waals surface area contributed by atoms with Crippen molar-refractivity contribution in [3.63, 3.8) is 0 Å². The van der Waals surface area contributed by atoms with Crippen LogP contribution >= 0.6 is 0 Å². The summed E-state index contributed by atoms with van der Waals surface area (Å²) in [5.74, 6) is -2.32. The van der Waals surface area contributed by atoms with E-state index < -0.39 is 46.1 Å². The van der Waals surface area contributed by atoms with Crippen LogP contribution in [0.4, 0.5) is 18.0 Å². The molecular weight excluding hydrogens is 415 g/mol. The molecular formula is C22H24F3NO5. The summed E-state index contributed by atoms with van der Waals surface area (Å²) in [6.45, 7) is 5.18. The maximum Gasteiger partial charge on any atom is 0.423 e. The number of phenols is 1. The summed E-state index contributed by atoms with van der Waals surface area (Å²) in [7, 11) is 0. The molecule has 0 unspecified atom stereocenters. The predicted molar refractivity (Wildman–Crippen MR) is 107 cm³/mol. The van der Waals surface area contributed by atoms with Crippen molar-refractivity contribution >= 4 is 11.9 Å². The molecule has 168 valence electrons. The molecule has 0 saturated heterocycles. The Bertz CT molecular complexity index is 947. The lowest BCUT2D eigenvalue weighted by Gasteiger charge is -2.20. The standard InChI is InChI=1S/C22H24F3NO5/c1-21(2,3)10-16(27)15-8-9-17(18(19(15)28)22(23,24)25)31-12-14-6-4-13(5-7-14)11-26-20(29)30/h4-9,26,28H,10-12H2,1-3H3,(H,29,30). The number of aromatic hydroxyl groups is 1. The van der Waals surface area contributed by atoms with E-state index in [1.807, 2.05) is 0 Å². The summed E-state index contributed by atoms with van der Waals surface area (Å²) in [4.78, 5) is 22.9. The number of ether oxygens (including phenoxy) is 1. The number of hydrogen-bond donors (Lipinski definition) is 3. The molecule has 0 aliphatic rings. The molecule has 0 atom stereocenters. The van der Waals surface area contributed by atoms with E-state index in [0.29, 0.717) is 11.1 Å². The van der Waals surface area contributed by atoms with Crippen molar-refractivity contribution in [3.8, 4) is 11.5 Å². The third-order valence-corrected chi connectivity index (χ3v) is 4.28. The summed E-state index contributed by atoms with van der Waals surface area (Å²) in [5.41, 5.74) is -1.04. The van der Waals surface area contributed by atoms with E-state index in [9.17, 15) is 27.9 Å². The minimum Gasteiger partial charge on any atom is -0.506 e. The number of rotatable bonds is 7. The molecule has 2 aromatic rings. The minimum absolute atomic E-state index is 0.0266. The van der Waals surface area contributed by atoms with Gasteiger partial charge in [0.2, 0.25) is 0 Å². The molecule has 0 fully saturated rings. The van der Waals surface area contributed by atoms with E-state index in [1.165, 1.54) is 0 Å². The molecule has 6 nitrogen and oxygen atoms in total. The Morgan fingerprint density at radius 1 is 1.00 bits per heavy atom. The number of ketones is 1. The van der Waals surface area contributed by atoms with Gasteiger partial charge in [0.1, 0.15) is 23.7 Å². The van der Waals surface area contributed by atoms with Crippen molar-refractivity contribution in [2.75, 3.05) is 0 Å². The lowest BCUT2D eigenvalue weighted by Crippen LogP contribution is -2.19. The Labute approximate surface area is 177 Å². The molecule has 3 N–H and O–H groups in total. The van der Waals surface area contributed by atoms with Crippen LogP contribution in [-0.4, -0.2) is 22.1 Å². The van der Waals surface area contributed by atoms with Crippen molar-refractivity contribution in [2.24, 2.45) is 5.41 Å². The number of phenolic OH excluding ortho intramolecular Hbond substituents is 1. The van der Waals surface area contributed by atoms with Crippen LogP contribution in [-0.2, 0) is 19.3 Å². The fourth-order valence-corrected chi connectivity index (χ4v) is 2.86. The van der Waals surface area contributed by atoms with Crippen LogP contribution in [0, 0.1) is 5.41 Å². The van der Waals surface area contributed by atoms with Gasteiger partial charge in [0, 0.05) is 13.0 Å². The Hall–Kier alpha value is -3.23. The average molecular weight is 439 g/mol. The van der Waals surface area contributed by atoms with Crippen LogP contribution in [0.5, 0.6) is 11.5 Å². The van der Waals surface area contributed by atoms with E-state index >= 15 is 0 Å². The molecule has 0 saturated carbocycles. The smallest absolute Gasteiger partial charge is 0.423 e. The van der Waals surface area contributed by atoms with Gasteiger partial charge in [-0.1, -0.05) is 45.0 Å². The highest BCUT2D eigenvalue weighted by atomic mass is 19.4. The summed E-state index contributed by atoms with van der Waals surface area (Å²) in [6, 6.07) is 8.58. The van der Waals surface area contributed by atoms with Gasteiger partial charge in [-0.15, -0.1) is 0 Å². The van der Waals surface area contributed by atoms with Crippen LogP contribution in [0.15, 0.2) is 36.4 Å². The molecule has 9 heteroatoms. The fourth-order valence-electron chi connectivity index (χ4n) is 2.86. The molecule has 1 amide bonds. The number of carbonyl (C=O) groups excluding carboxylic acids is 1. The van der Waals surface area contributed by atoms with E-state index in [4.69, 9.17) is 9.84 Å². The number of Topliss-reactive ketones (excluding diaryl/α,β-unsaturated/α-hetero) is 1. The Balaban J connectivity index is 2.23. The number of hydrogen-bond acceptors (Lipinski definition) is 4. The highest BCUT2D eigenvalue weighted by Gasteiger charge is 2.40. The highest BCUT2D eigenvalue weighted by Crippen LogP contribution is 2.44. The maximum absolute atomic E-state index is 13.6. The Morgan fingerprint density at radius 2 is 1.58 bits per heavy atom. The lowest BCUT2D eigenvalue weighted by atomic mass is 9.87. The van der Waals surface area contributed by atoms with Gasteiger partial charge < -0.3 is 20.3 Å². The molecule has 0 radical (unpaired) electrons. The second kappa shape index (κ2) is 9.28. The second-order valence-corrected chi connectivity index (χ2v) is 8.26. The predicted octanol–water partition coefficient (Wildman–Crippen LogP) is 5.38. The van der Waals surface area contributed by atoms with Gasteiger partial charge >= 0.3 is 12.3 Å². The number of alkyl halides is 3. The fraction of sp³-hybridized carbons (Fsp3) is 0.364. The Morgan fingerprint density at radius 3 is 2.10 bits per heavy atom. The zero-order chi connectivity index (χ0) is 23.4. The highest BCUT2D eigenvalue weighted by molar-refractivity contribution is 5.99. The van der Waals surface area contributed by atoms with Gasteiger partial charge in [-0.25, -0.2) is 4.79 Å². The number of carboxylic acid groups (broad SMARTS) is 1. The monoisotopic (exact) mass is 439 g/mol. The molecule has 0 aliphatic carbocycles. The SMILES string of the molecule is CC(C)(C)CC(=O)c1ccc(OCc2ccc(CNC(=O)O)cc2)c(C(F)(F)F)c1O. The van der Waals surface area contributed by atoms with Crippen LogP contribution in [0.1, 0.15) is 54.2 Å². The van der Waals surface area contributed by atoms with Gasteiger partial charge in [-0.3, -0.25) is 4.79 Å². The molecule has 0 bridgehead atoms. The van der Waals surface area contributed by atoms with Gasteiger partial charge in [-0.05, 0) is 28.7 Å². The molecule has 0 spiro atoms. The lowest BCUT2D eigenvalue weighted by molar-refractivity contribution is -0.140. The first-order valence-electron chi connectivity index (χ1n) is 9.42. The average Bonchev–Trinajstić information content (AvgIpc) is 2.62. The minimum atomic E-state index is -4.93. The number of amides is 1. The largest absolute Gasteiger partial charge is 0.506 e. The topological polar surface area (TPSA) is 95.9 Å². The zero-order valence-electron chi connectivity index (χ0n) is 17.3. The van der Waals surface area contributed by atoms with E-state index in [-0.39, 0.29) is 19.6 Å². The summed E-state index contributed by atoms with van der Waals surface area (Å²) in [5, 5.41) is 21.0. The van der Waals surface area contributed by atoms with Crippen molar-refractivity contribution < 1.29 is 37.7 Å². The van der Waals surface area contributed by atoms with Gasteiger partial charge in [0.25, 0.3) is 0 Å². The first-order chi connectivity index (χ1) is 14.3. The number of halogens is 3. The van der Waals surface area contributed by atoms with Gasteiger partial charge in [0.15, 0.2) is 5.78 Å². The van der Waals surface area contributed by atoms with Crippen LogP contribution in [0.25, 0.3) is 0 Å². The van der Waals surface area contributed by atoms with E-state index in [2.05, 4.69) is 5.32 Å². The molecule has 2 rings (SSSR count). The van der Waals surface area contributed by atoms with Gasteiger partial charge in [-0.2, -0.15) is 13.2 Å². The van der Waals surface area contributed by atoms with E-state index in [1.54, 1.807) is 45.0 Å². The van der Waals surface area contributed by atoms with Crippen LogP contribution in [0.2, 0.25) is 0 Å². The van der Waals surface area contributed by atoms with Crippen molar-refractivity contribution in [2.45, 2.75) is 46.5 Å². The second-order valence-electron chi connectivity index (χ2n) is 8.26. The number of benzene rings is 2. The third kappa shape index (κ3) is 6.91. The first kappa shape index (κ1) is 24.0. The summed E-state index contributed by atoms with van der Waals surface area (Å²) < 4.78 is 46.1. The Kier molecular flexibility index (Phi) is 7.20. The molecule has 31 heavy (non-hydrogen) atoms. The first-order valence-corrected chi connectivity index (χ1v) is 9.42. The number of nitrogens with one attached hydrogen (secondary N) is 1. The molecule has 2 aromatic carbocycles. The summed E-state index contributed by atoms with van der Waals surface area (Å²) in [6.07, 6.45) is -6.12. The maximum atomic E-state index is 13.6. The quantitative estimate of drug-likeness (QED) is 0.504. The zero-order valence-corrected chi connectivity index (χ0v) is 17.3.